The highest BCUT2D eigenvalue weighted by Gasteiger charge is 2.29. The number of fused-ring (bicyclic) bond motifs is 3. The third kappa shape index (κ3) is 6.99. The van der Waals surface area contributed by atoms with E-state index in [1.165, 1.54) is 6.33 Å². The van der Waals surface area contributed by atoms with Gasteiger partial charge in [-0.15, -0.1) is 20.4 Å². The summed E-state index contributed by atoms with van der Waals surface area (Å²) in [6.07, 6.45) is 1.25. The number of nitrogens with zero attached hydrogens (tertiary/aromatic N) is 4. The molecule has 0 bridgehead atoms. The van der Waals surface area contributed by atoms with Crippen molar-refractivity contribution in [1.29, 1.82) is 0 Å². The monoisotopic (exact) mass is 520 g/mol. The van der Waals surface area contributed by atoms with Gasteiger partial charge in [-0.25, -0.2) is 14.4 Å². The highest BCUT2D eigenvalue weighted by Crippen LogP contribution is 2.44. The number of hydrogen-bond acceptors (Lipinski definition) is 9. The highest BCUT2D eigenvalue weighted by atomic mass is 16.6. The van der Waals surface area contributed by atoms with Crippen molar-refractivity contribution in [2.24, 2.45) is 0 Å². The number of amides is 2. The topological polar surface area (TPSA) is 166 Å². The molecule has 3 aromatic rings. The third-order valence-electron chi connectivity index (χ3n) is 6.13. The number of nitrogens with one attached hydrogen (secondary N) is 2. The van der Waals surface area contributed by atoms with Gasteiger partial charge >= 0.3 is 18.2 Å². The summed E-state index contributed by atoms with van der Waals surface area (Å²) in [7, 11) is 0. The Bertz CT molecular complexity index is 1210. The maximum atomic E-state index is 12.4. The SMILES string of the molecule is O=C(NCCCCC(NC(=O)OCC1c2ccccc2-c2ccccc21)C(=O)O)OCCc1nncnn1. The van der Waals surface area contributed by atoms with Gasteiger partial charge in [-0.05, 0) is 41.5 Å². The lowest BCUT2D eigenvalue weighted by Crippen LogP contribution is -2.41. The Hall–Kier alpha value is -4.61. The largest absolute Gasteiger partial charge is 0.480 e. The van der Waals surface area contributed by atoms with Gasteiger partial charge in [0.15, 0.2) is 12.2 Å². The molecule has 4 rings (SSSR count). The average molecular weight is 521 g/mol. The van der Waals surface area contributed by atoms with Crippen molar-refractivity contribution in [2.45, 2.75) is 37.6 Å². The first-order valence-corrected chi connectivity index (χ1v) is 12.3. The highest BCUT2D eigenvalue weighted by molar-refractivity contribution is 5.81. The second kappa shape index (κ2) is 13.1. The molecule has 0 fully saturated rings. The zero-order valence-electron chi connectivity index (χ0n) is 20.6. The second-order valence-corrected chi connectivity index (χ2v) is 8.63. The zero-order valence-corrected chi connectivity index (χ0v) is 20.6. The molecule has 12 nitrogen and oxygen atoms in total. The minimum atomic E-state index is -1.15. The molecule has 3 N–H and O–H groups in total. The van der Waals surface area contributed by atoms with Gasteiger partial charge in [0.25, 0.3) is 0 Å². The molecular weight excluding hydrogens is 492 g/mol. The van der Waals surface area contributed by atoms with Gasteiger partial charge in [-0.3, -0.25) is 0 Å². The van der Waals surface area contributed by atoms with E-state index in [1.54, 1.807) is 0 Å². The first-order valence-electron chi connectivity index (χ1n) is 12.3. The molecule has 1 aliphatic carbocycles. The number of aromatic nitrogens is 4. The maximum Gasteiger partial charge on any atom is 0.407 e. The third-order valence-corrected chi connectivity index (χ3v) is 6.13. The van der Waals surface area contributed by atoms with E-state index >= 15 is 0 Å². The Morgan fingerprint density at radius 3 is 2.21 bits per heavy atom. The van der Waals surface area contributed by atoms with E-state index in [1.807, 2.05) is 48.5 Å². The number of benzene rings is 2. The number of aliphatic carboxylic acids is 1. The Morgan fingerprint density at radius 2 is 1.55 bits per heavy atom. The number of ether oxygens (including phenoxy) is 2. The van der Waals surface area contributed by atoms with Crippen molar-refractivity contribution in [3.63, 3.8) is 0 Å². The van der Waals surface area contributed by atoms with Crippen molar-refractivity contribution in [3.8, 4) is 11.1 Å². The fraction of sp³-hybridized carbons (Fsp3) is 0.346. The molecular formula is C26H28N6O6. The van der Waals surface area contributed by atoms with Gasteiger partial charge in [0, 0.05) is 18.9 Å². The number of rotatable bonds is 12. The van der Waals surface area contributed by atoms with Gasteiger partial charge in [0.05, 0.1) is 0 Å². The van der Waals surface area contributed by atoms with Crippen LogP contribution in [0.3, 0.4) is 0 Å². The molecule has 1 aromatic heterocycles. The van der Waals surface area contributed by atoms with Crippen molar-refractivity contribution in [1.82, 2.24) is 31.0 Å². The maximum absolute atomic E-state index is 12.4. The summed E-state index contributed by atoms with van der Waals surface area (Å²) in [6, 6.07) is 14.8. The molecule has 1 atom stereocenters. The zero-order chi connectivity index (χ0) is 26.7. The van der Waals surface area contributed by atoms with E-state index < -0.39 is 24.2 Å². The van der Waals surface area contributed by atoms with Gasteiger partial charge in [-0.2, -0.15) is 0 Å². The van der Waals surface area contributed by atoms with Crippen LogP contribution in [0.25, 0.3) is 11.1 Å². The quantitative estimate of drug-likeness (QED) is 0.302. The Labute approximate surface area is 218 Å². The summed E-state index contributed by atoms with van der Waals surface area (Å²) in [5.41, 5.74) is 4.37. The fourth-order valence-electron chi connectivity index (χ4n) is 4.32. The Balaban J connectivity index is 1.15. The summed E-state index contributed by atoms with van der Waals surface area (Å²) in [4.78, 5) is 35.8. The van der Waals surface area contributed by atoms with Crippen LogP contribution in [-0.2, 0) is 20.7 Å². The standard InChI is InChI=1S/C26H28N6O6/c33-24(34)22(11-5-6-13-27-25(35)37-14-12-23-31-28-16-29-32-23)30-26(36)38-15-21-19-9-3-1-7-17(19)18-8-2-4-10-20(18)21/h1-4,7-10,16,21-22H,5-6,11-15H2,(H,27,35)(H,30,36)(H,33,34). The molecule has 0 saturated heterocycles. The number of hydrogen-bond donors (Lipinski definition) is 3. The number of carbonyl (C=O) groups is 3. The summed E-state index contributed by atoms with van der Waals surface area (Å²) in [6.45, 7) is 0.465. The normalized spacial score (nSPS) is 12.6. The smallest absolute Gasteiger partial charge is 0.407 e. The number of alkyl carbamates (subject to hydrolysis) is 2. The fourth-order valence-corrected chi connectivity index (χ4v) is 4.32. The van der Waals surface area contributed by atoms with E-state index in [2.05, 4.69) is 31.0 Å². The van der Waals surface area contributed by atoms with Crippen molar-refractivity contribution in [3.05, 3.63) is 71.8 Å². The lowest BCUT2D eigenvalue weighted by molar-refractivity contribution is -0.139. The number of carboxylic acids is 1. The van der Waals surface area contributed by atoms with E-state index in [4.69, 9.17) is 9.47 Å². The molecule has 1 aliphatic rings. The van der Waals surface area contributed by atoms with Gasteiger partial charge in [-0.1, -0.05) is 48.5 Å². The minimum absolute atomic E-state index is 0.0738. The summed E-state index contributed by atoms with van der Waals surface area (Å²) >= 11 is 0. The van der Waals surface area contributed by atoms with Crippen LogP contribution < -0.4 is 10.6 Å². The molecule has 2 aromatic carbocycles. The predicted octanol–water partition coefficient (Wildman–Crippen LogP) is 2.70. The number of carbonyl (C=O) groups excluding carboxylic acids is 2. The van der Waals surface area contributed by atoms with Gasteiger partial charge < -0.3 is 25.2 Å². The lowest BCUT2D eigenvalue weighted by atomic mass is 9.98. The van der Waals surface area contributed by atoms with Crippen LogP contribution in [0.2, 0.25) is 0 Å². The number of carboxylic acid groups (broad SMARTS) is 1. The molecule has 0 aliphatic heterocycles. The van der Waals surface area contributed by atoms with E-state index in [0.29, 0.717) is 25.2 Å². The van der Waals surface area contributed by atoms with Crippen LogP contribution in [-0.4, -0.2) is 69.5 Å². The van der Waals surface area contributed by atoms with Crippen molar-refractivity contribution >= 4 is 18.2 Å². The molecule has 0 saturated carbocycles. The molecule has 0 radical (unpaired) electrons. The van der Waals surface area contributed by atoms with Crippen LogP contribution in [0.1, 0.15) is 42.1 Å². The Kier molecular flexibility index (Phi) is 9.11. The summed E-state index contributed by atoms with van der Waals surface area (Å²) in [5.74, 6) is -0.905. The van der Waals surface area contributed by atoms with Crippen molar-refractivity contribution in [2.75, 3.05) is 19.8 Å². The summed E-state index contributed by atoms with van der Waals surface area (Å²) < 4.78 is 10.5. The average Bonchev–Trinajstić information content (AvgIpc) is 3.25. The number of unbranched alkanes of at least 4 members (excludes halogenated alkanes) is 1. The molecule has 0 spiro atoms. The van der Waals surface area contributed by atoms with Crippen molar-refractivity contribution < 1.29 is 29.0 Å². The molecule has 2 amide bonds. The van der Waals surface area contributed by atoms with Gasteiger partial charge in [0.1, 0.15) is 19.3 Å². The van der Waals surface area contributed by atoms with Crippen LogP contribution in [0.15, 0.2) is 54.9 Å². The van der Waals surface area contributed by atoms with E-state index in [-0.39, 0.29) is 32.0 Å². The second-order valence-electron chi connectivity index (χ2n) is 8.63. The first-order chi connectivity index (χ1) is 18.5. The Morgan fingerprint density at radius 1 is 0.895 bits per heavy atom. The van der Waals surface area contributed by atoms with Crippen LogP contribution in [0.5, 0.6) is 0 Å². The van der Waals surface area contributed by atoms with Crippen LogP contribution >= 0.6 is 0 Å². The lowest BCUT2D eigenvalue weighted by Gasteiger charge is -2.17. The molecule has 198 valence electrons. The summed E-state index contributed by atoms with van der Waals surface area (Å²) in [5, 5.41) is 29.2. The van der Waals surface area contributed by atoms with E-state index in [9.17, 15) is 19.5 Å². The predicted molar refractivity (Wildman–Crippen MR) is 134 cm³/mol. The van der Waals surface area contributed by atoms with Crippen LogP contribution in [0.4, 0.5) is 9.59 Å². The van der Waals surface area contributed by atoms with Gasteiger partial charge in [0.2, 0.25) is 0 Å². The van der Waals surface area contributed by atoms with E-state index in [0.717, 1.165) is 22.3 Å². The first kappa shape index (κ1) is 26.5. The molecule has 38 heavy (non-hydrogen) atoms. The molecule has 12 heteroatoms. The molecule has 1 unspecified atom stereocenters. The minimum Gasteiger partial charge on any atom is -0.480 e. The van der Waals surface area contributed by atoms with Crippen LogP contribution in [0, 0.1) is 0 Å². The molecule has 1 heterocycles.